The maximum atomic E-state index is 3.31. The third-order valence-electron chi connectivity index (χ3n) is 6.13. The predicted octanol–water partition coefficient (Wildman–Crippen LogP) is 1.85. The summed E-state index contributed by atoms with van der Waals surface area (Å²) in [5.74, 6) is 0. The van der Waals surface area contributed by atoms with Gasteiger partial charge in [-0.2, -0.15) is 23.3 Å². The van der Waals surface area contributed by atoms with Gasteiger partial charge in [-0.3, -0.25) is 12.2 Å². The Kier molecular flexibility index (Phi) is 17.0. The molecule has 0 unspecified atom stereocenters. The van der Waals surface area contributed by atoms with Crippen molar-refractivity contribution in [3.8, 4) is 0 Å². The Morgan fingerprint density at radius 2 is 0.941 bits per heavy atom. The second-order valence-corrected chi connectivity index (χ2v) is 10.9. The molecule has 0 bridgehead atoms. The van der Waals surface area contributed by atoms with Gasteiger partial charge in [0.15, 0.2) is 0 Å². The SMILES string of the molecule is C1CC[SiH2]C1.CC1=[C-]CC=C1c1ccc(C)cc1.CC1=[C-]CC=C1c1ccc(C)cc1.[Cl-].[Cl-].[Hf+4]. The quantitative estimate of drug-likeness (QED) is 0.338. The molecule has 1 heterocycles. The van der Waals surface area contributed by atoms with Crippen LogP contribution < -0.4 is 24.8 Å². The van der Waals surface area contributed by atoms with Crippen LogP contribution in [0.2, 0.25) is 12.1 Å². The van der Waals surface area contributed by atoms with Crippen molar-refractivity contribution in [2.75, 3.05) is 0 Å². The minimum atomic E-state index is 0. The van der Waals surface area contributed by atoms with Crippen molar-refractivity contribution in [1.82, 2.24) is 0 Å². The number of hydrogen-bond donors (Lipinski definition) is 0. The summed E-state index contributed by atoms with van der Waals surface area (Å²) in [5, 5.41) is 0. The summed E-state index contributed by atoms with van der Waals surface area (Å²) in [4.78, 5) is 0. The average molecular weight is 674 g/mol. The second kappa shape index (κ2) is 17.5. The van der Waals surface area contributed by atoms with Gasteiger partial charge in [-0.15, -0.1) is 24.0 Å². The van der Waals surface area contributed by atoms with E-state index in [4.69, 9.17) is 0 Å². The molecule has 3 aliphatic rings. The Bertz CT molecular complexity index is 894. The van der Waals surface area contributed by atoms with Crippen LogP contribution in [0.4, 0.5) is 0 Å². The summed E-state index contributed by atoms with van der Waals surface area (Å²) < 4.78 is 0. The van der Waals surface area contributed by atoms with Crippen LogP contribution in [0, 0.1) is 26.0 Å². The van der Waals surface area contributed by atoms with E-state index >= 15 is 0 Å². The van der Waals surface area contributed by atoms with E-state index in [0.717, 1.165) is 12.8 Å². The van der Waals surface area contributed by atoms with Gasteiger partial charge in [0.1, 0.15) is 0 Å². The normalized spacial score (nSPS) is 15.4. The Balaban J connectivity index is 0.000000497. The summed E-state index contributed by atoms with van der Waals surface area (Å²) in [5.41, 5.74) is 10.5. The smallest absolute Gasteiger partial charge is 1.00 e. The van der Waals surface area contributed by atoms with E-state index in [9.17, 15) is 0 Å². The number of aryl methyl sites for hydroxylation is 2. The van der Waals surface area contributed by atoms with E-state index in [2.05, 4.69) is 101 Å². The van der Waals surface area contributed by atoms with Crippen LogP contribution in [0.1, 0.15) is 61.8 Å². The standard InChI is InChI=1S/2C13H13.C4H10Si.2ClH.Hf/c2*1-10-6-8-12(9-7-10)13-5-3-4-11(13)2;1-2-4-5-3-1;;;/h2*5-9H,3H2,1-2H3;1-5H2;2*1H;/q2*-1;;;;+4/p-2. The number of rotatable bonds is 2. The fourth-order valence-corrected chi connectivity index (χ4v) is 5.90. The maximum absolute atomic E-state index is 3.31. The summed E-state index contributed by atoms with van der Waals surface area (Å²) in [6, 6.07) is 20.6. The number of hydrogen-bond acceptors (Lipinski definition) is 0. The molecule has 0 amide bonds. The van der Waals surface area contributed by atoms with E-state index in [1.54, 1.807) is 24.9 Å². The Hall–Kier alpha value is -0.933. The summed E-state index contributed by atoms with van der Waals surface area (Å²) in [7, 11) is 0.543. The zero-order valence-corrected chi connectivity index (χ0v) is 27.5. The van der Waals surface area contributed by atoms with Gasteiger partial charge >= 0.3 is 25.8 Å². The van der Waals surface area contributed by atoms with Gasteiger partial charge in [-0.1, -0.05) is 98.4 Å². The first-order valence-corrected chi connectivity index (χ1v) is 13.7. The van der Waals surface area contributed by atoms with Crippen LogP contribution in [-0.2, 0) is 25.8 Å². The van der Waals surface area contributed by atoms with Crippen LogP contribution >= 0.6 is 0 Å². The van der Waals surface area contributed by atoms with Crippen LogP contribution in [0.15, 0.2) is 71.8 Å². The molecular weight excluding hydrogens is 638 g/mol. The summed E-state index contributed by atoms with van der Waals surface area (Å²) >= 11 is 0. The van der Waals surface area contributed by atoms with Crippen LogP contribution in [0.5, 0.6) is 0 Å². The fraction of sp³-hybridized carbons (Fsp3) is 0.333. The molecule has 0 atom stereocenters. The number of benzene rings is 2. The molecule has 0 nitrogen and oxygen atoms in total. The van der Waals surface area contributed by atoms with Gasteiger partial charge in [0.05, 0.1) is 0 Å². The van der Waals surface area contributed by atoms with Crippen LogP contribution in [-0.4, -0.2) is 9.52 Å². The monoisotopic (exact) mass is 674 g/mol. The first kappa shape index (κ1) is 33.1. The minimum absolute atomic E-state index is 0. The van der Waals surface area contributed by atoms with E-state index in [1.165, 1.54) is 44.5 Å². The Morgan fingerprint density at radius 1 is 0.588 bits per heavy atom. The molecule has 1 fully saturated rings. The molecule has 0 aromatic heterocycles. The molecule has 2 aromatic rings. The fourth-order valence-electron chi connectivity index (χ4n) is 4.13. The number of halogens is 2. The van der Waals surface area contributed by atoms with E-state index in [0.29, 0.717) is 9.52 Å². The summed E-state index contributed by atoms with van der Waals surface area (Å²) in [6.45, 7) is 8.47. The van der Waals surface area contributed by atoms with Crippen molar-refractivity contribution < 1.29 is 50.7 Å². The van der Waals surface area contributed by atoms with Crippen molar-refractivity contribution in [1.29, 1.82) is 0 Å². The first-order chi connectivity index (χ1) is 15.0. The van der Waals surface area contributed by atoms with Gasteiger partial charge in [-0.05, 0) is 13.8 Å². The molecule has 0 spiro atoms. The van der Waals surface area contributed by atoms with E-state index in [-0.39, 0.29) is 50.7 Å². The Morgan fingerprint density at radius 3 is 1.18 bits per heavy atom. The zero-order valence-electron chi connectivity index (χ0n) is 21.0. The van der Waals surface area contributed by atoms with Crippen LogP contribution in [0.25, 0.3) is 11.1 Å². The van der Waals surface area contributed by atoms with Crippen molar-refractivity contribution >= 4 is 20.7 Å². The van der Waals surface area contributed by atoms with E-state index in [1.807, 2.05) is 0 Å². The molecule has 5 rings (SSSR count). The molecule has 1 aliphatic heterocycles. The zero-order chi connectivity index (χ0) is 22.1. The topological polar surface area (TPSA) is 0 Å². The molecule has 1 saturated heterocycles. The van der Waals surface area contributed by atoms with Gasteiger partial charge in [0, 0.05) is 9.52 Å². The molecule has 0 saturated carbocycles. The van der Waals surface area contributed by atoms with E-state index < -0.39 is 0 Å². The second-order valence-electron chi connectivity index (χ2n) is 8.75. The maximum Gasteiger partial charge on any atom is 4.00 e. The van der Waals surface area contributed by atoms with Gasteiger partial charge in [-0.25, -0.2) is 11.1 Å². The molecule has 2 aliphatic carbocycles. The predicted molar refractivity (Wildman–Crippen MR) is 140 cm³/mol. The molecule has 178 valence electrons. The van der Waals surface area contributed by atoms with Crippen LogP contribution in [0.3, 0.4) is 0 Å². The largest absolute Gasteiger partial charge is 4.00 e. The molecule has 0 radical (unpaired) electrons. The van der Waals surface area contributed by atoms with Crippen molar-refractivity contribution in [2.24, 2.45) is 0 Å². The average Bonchev–Trinajstić information content (AvgIpc) is 3.54. The third-order valence-corrected chi connectivity index (χ3v) is 8.13. The first-order valence-electron chi connectivity index (χ1n) is 11.7. The number of allylic oxidation sites excluding steroid dienone is 8. The van der Waals surface area contributed by atoms with Gasteiger partial charge in [0.2, 0.25) is 0 Å². The minimum Gasteiger partial charge on any atom is -1.00 e. The van der Waals surface area contributed by atoms with Crippen molar-refractivity contribution in [3.63, 3.8) is 0 Å². The Labute approximate surface area is 241 Å². The molecule has 2 aromatic carbocycles. The van der Waals surface area contributed by atoms with Gasteiger partial charge in [0.25, 0.3) is 0 Å². The van der Waals surface area contributed by atoms with Crippen molar-refractivity contribution in [3.05, 3.63) is 106 Å². The molecular formula is C30H36Cl2HfSi. The van der Waals surface area contributed by atoms with Gasteiger partial charge < -0.3 is 24.8 Å². The molecule has 0 N–H and O–H groups in total. The molecule has 4 heteroatoms. The third kappa shape index (κ3) is 10.4. The summed E-state index contributed by atoms with van der Waals surface area (Å²) in [6.07, 6.45) is 16.1. The molecule has 34 heavy (non-hydrogen) atoms. The van der Waals surface area contributed by atoms with Crippen molar-refractivity contribution in [2.45, 2.75) is 65.5 Å².